The average molecular weight is 339 g/mol. The second kappa shape index (κ2) is 7.11. The second-order valence-corrected chi connectivity index (χ2v) is 6.44. The third kappa shape index (κ3) is 3.30. The molecule has 0 fully saturated rings. The van der Waals surface area contributed by atoms with E-state index in [2.05, 4.69) is 24.3 Å². The van der Waals surface area contributed by atoms with Gasteiger partial charge in [-0.05, 0) is 39.0 Å². The van der Waals surface area contributed by atoms with Gasteiger partial charge >= 0.3 is 0 Å². The molecule has 3 rings (SSSR count). The first-order valence-corrected chi connectivity index (χ1v) is 8.56. The summed E-state index contributed by atoms with van der Waals surface area (Å²) in [5, 5.41) is 7.77. The Kier molecular flexibility index (Phi) is 4.90. The lowest BCUT2D eigenvalue weighted by Crippen LogP contribution is -2.35. The largest absolute Gasteiger partial charge is 0.308 e. The van der Waals surface area contributed by atoms with Gasteiger partial charge in [-0.15, -0.1) is 0 Å². The van der Waals surface area contributed by atoms with Crippen LogP contribution >= 0.6 is 0 Å². The molecular formula is C19H25N5O. The summed E-state index contributed by atoms with van der Waals surface area (Å²) in [5.41, 5.74) is 2.67. The van der Waals surface area contributed by atoms with Gasteiger partial charge in [0.25, 0.3) is 5.56 Å². The fourth-order valence-corrected chi connectivity index (χ4v) is 3.01. The van der Waals surface area contributed by atoms with Crippen molar-refractivity contribution in [3.8, 4) is 5.69 Å². The molecule has 132 valence electrons. The Morgan fingerprint density at radius 1 is 1.16 bits per heavy atom. The molecular weight excluding hydrogens is 314 g/mol. The zero-order chi connectivity index (χ0) is 18.0. The predicted molar refractivity (Wildman–Crippen MR) is 99.0 cm³/mol. The lowest BCUT2D eigenvalue weighted by molar-refractivity contribution is 0.364. The highest BCUT2D eigenvalue weighted by Gasteiger charge is 2.18. The number of benzene rings is 1. The molecule has 0 amide bonds. The SMILES string of the molecule is Cc1c(CN[C@H](C)[C@H](C)n2cccn2)c(=O)n(-c2ccccc2)n1C. The van der Waals surface area contributed by atoms with Gasteiger partial charge in [-0.3, -0.25) is 14.2 Å². The molecule has 0 saturated heterocycles. The monoisotopic (exact) mass is 339 g/mol. The van der Waals surface area contributed by atoms with Gasteiger partial charge in [-0.25, -0.2) is 4.68 Å². The van der Waals surface area contributed by atoms with E-state index < -0.39 is 0 Å². The van der Waals surface area contributed by atoms with Crippen molar-refractivity contribution in [1.29, 1.82) is 0 Å². The molecule has 1 N–H and O–H groups in total. The van der Waals surface area contributed by atoms with Crippen LogP contribution in [-0.2, 0) is 13.6 Å². The highest BCUT2D eigenvalue weighted by Crippen LogP contribution is 2.12. The highest BCUT2D eigenvalue weighted by molar-refractivity contribution is 5.33. The van der Waals surface area contributed by atoms with Crippen molar-refractivity contribution in [3.05, 3.63) is 70.4 Å². The lowest BCUT2D eigenvalue weighted by Gasteiger charge is -2.21. The third-order valence-corrected chi connectivity index (χ3v) is 4.94. The molecule has 0 unspecified atom stereocenters. The Bertz CT molecular complexity index is 877. The maximum Gasteiger partial charge on any atom is 0.276 e. The van der Waals surface area contributed by atoms with Crippen molar-refractivity contribution in [2.24, 2.45) is 7.05 Å². The summed E-state index contributed by atoms with van der Waals surface area (Å²) in [5.74, 6) is 0. The molecule has 3 aromatic rings. The van der Waals surface area contributed by atoms with Crippen LogP contribution in [0.2, 0.25) is 0 Å². The van der Waals surface area contributed by atoms with Crippen molar-refractivity contribution >= 4 is 0 Å². The Labute approximate surface area is 147 Å². The molecule has 2 heterocycles. The minimum absolute atomic E-state index is 0.0256. The first kappa shape index (κ1) is 17.2. The minimum atomic E-state index is 0.0256. The lowest BCUT2D eigenvalue weighted by atomic mass is 10.1. The van der Waals surface area contributed by atoms with E-state index in [0.717, 1.165) is 16.9 Å². The van der Waals surface area contributed by atoms with Crippen LogP contribution in [0.15, 0.2) is 53.6 Å². The summed E-state index contributed by atoms with van der Waals surface area (Å²) in [6.45, 7) is 6.75. The molecule has 0 aliphatic heterocycles. The molecule has 0 radical (unpaired) electrons. The number of nitrogens with zero attached hydrogens (tertiary/aromatic N) is 4. The van der Waals surface area contributed by atoms with E-state index in [1.54, 1.807) is 10.9 Å². The van der Waals surface area contributed by atoms with Crippen LogP contribution in [0.1, 0.15) is 31.1 Å². The number of aromatic nitrogens is 4. The van der Waals surface area contributed by atoms with Crippen LogP contribution in [0.4, 0.5) is 0 Å². The van der Waals surface area contributed by atoms with E-state index >= 15 is 0 Å². The van der Waals surface area contributed by atoms with Crippen LogP contribution in [0.3, 0.4) is 0 Å². The molecule has 25 heavy (non-hydrogen) atoms. The van der Waals surface area contributed by atoms with Gasteiger partial charge < -0.3 is 5.32 Å². The number of rotatable bonds is 6. The van der Waals surface area contributed by atoms with E-state index in [1.807, 2.05) is 65.9 Å². The molecule has 6 nitrogen and oxygen atoms in total. The Morgan fingerprint density at radius 3 is 2.52 bits per heavy atom. The number of para-hydroxylation sites is 1. The summed E-state index contributed by atoms with van der Waals surface area (Å²) < 4.78 is 5.56. The molecule has 0 aliphatic carbocycles. The van der Waals surface area contributed by atoms with E-state index in [0.29, 0.717) is 6.54 Å². The van der Waals surface area contributed by atoms with Crippen LogP contribution in [0, 0.1) is 6.92 Å². The molecule has 0 bridgehead atoms. The van der Waals surface area contributed by atoms with Gasteiger partial charge in [0.2, 0.25) is 0 Å². The first-order valence-electron chi connectivity index (χ1n) is 8.56. The third-order valence-electron chi connectivity index (χ3n) is 4.94. The van der Waals surface area contributed by atoms with Crippen LogP contribution in [0.5, 0.6) is 0 Å². The van der Waals surface area contributed by atoms with Crippen molar-refractivity contribution < 1.29 is 0 Å². The van der Waals surface area contributed by atoms with Crippen LogP contribution < -0.4 is 10.9 Å². The Morgan fingerprint density at radius 2 is 1.88 bits per heavy atom. The number of hydrogen-bond acceptors (Lipinski definition) is 3. The highest BCUT2D eigenvalue weighted by atomic mass is 16.1. The van der Waals surface area contributed by atoms with Crippen molar-refractivity contribution in [2.75, 3.05) is 0 Å². The molecule has 0 saturated carbocycles. The summed E-state index contributed by atoms with van der Waals surface area (Å²) in [6.07, 6.45) is 3.74. The maximum absolute atomic E-state index is 12.9. The van der Waals surface area contributed by atoms with Gasteiger partial charge in [0, 0.05) is 37.7 Å². The normalized spacial score (nSPS) is 13.8. The minimum Gasteiger partial charge on any atom is -0.308 e. The van der Waals surface area contributed by atoms with Crippen molar-refractivity contribution in [3.63, 3.8) is 0 Å². The zero-order valence-electron chi connectivity index (χ0n) is 15.2. The second-order valence-electron chi connectivity index (χ2n) is 6.44. The van der Waals surface area contributed by atoms with E-state index in [9.17, 15) is 4.79 Å². The topological polar surface area (TPSA) is 56.8 Å². The fourth-order valence-electron chi connectivity index (χ4n) is 3.01. The Balaban J connectivity index is 1.81. The predicted octanol–water partition coefficient (Wildman–Crippen LogP) is 2.42. The smallest absolute Gasteiger partial charge is 0.276 e. The van der Waals surface area contributed by atoms with Gasteiger partial charge in [-0.2, -0.15) is 5.10 Å². The molecule has 0 aliphatic rings. The average Bonchev–Trinajstić information content (AvgIpc) is 3.22. The fraction of sp³-hybridized carbons (Fsp3) is 0.368. The molecule has 0 spiro atoms. The van der Waals surface area contributed by atoms with E-state index in [4.69, 9.17) is 0 Å². The molecule has 2 atom stereocenters. The van der Waals surface area contributed by atoms with Crippen LogP contribution in [-0.4, -0.2) is 25.2 Å². The van der Waals surface area contributed by atoms with Crippen molar-refractivity contribution in [2.45, 2.75) is 39.4 Å². The molecule has 2 aromatic heterocycles. The zero-order valence-corrected chi connectivity index (χ0v) is 15.2. The molecule has 6 heteroatoms. The Hall–Kier alpha value is -2.60. The molecule has 1 aromatic carbocycles. The van der Waals surface area contributed by atoms with E-state index in [-0.39, 0.29) is 17.6 Å². The number of hydrogen-bond donors (Lipinski definition) is 1. The van der Waals surface area contributed by atoms with Gasteiger partial charge in [0.05, 0.1) is 17.3 Å². The summed E-state index contributed by atoms with van der Waals surface area (Å²) >= 11 is 0. The first-order chi connectivity index (χ1) is 12.0. The summed E-state index contributed by atoms with van der Waals surface area (Å²) in [6, 6.07) is 12.0. The van der Waals surface area contributed by atoms with Gasteiger partial charge in [0.1, 0.15) is 0 Å². The standard InChI is InChI=1S/C19H25N5O/c1-14(15(2)23-12-8-11-21-23)20-13-18-16(3)22(4)24(19(18)25)17-9-6-5-7-10-17/h5-12,14-15,20H,13H2,1-4H3/t14-,15+/m1/s1. The number of nitrogens with one attached hydrogen (secondary N) is 1. The van der Waals surface area contributed by atoms with E-state index in [1.165, 1.54) is 0 Å². The van der Waals surface area contributed by atoms with Gasteiger partial charge in [0.15, 0.2) is 0 Å². The quantitative estimate of drug-likeness (QED) is 0.750. The summed E-state index contributed by atoms with van der Waals surface area (Å²) in [7, 11) is 1.92. The summed E-state index contributed by atoms with van der Waals surface area (Å²) in [4.78, 5) is 12.9. The maximum atomic E-state index is 12.9. The van der Waals surface area contributed by atoms with Crippen molar-refractivity contribution in [1.82, 2.24) is 24.5 Å². The van der Waals surface area contributed by atoms with Crippen LogP contribution in [0.25, 0.3) is 5.69 Å². The van der Waals surface area contributed by atoms with Gasteiger partial charge in [-0.1, -0.05) is 18.2 Å².